The summed E-state index contributed by atoms with van der Waals surface area (Å²) < 4.78 is 67.5. The molecular weight excluding hydrogens is 528 g/mol. The van der Waals surface area contributed by atoms with E-state index in [1.807, 2.05) is 11.8 Å². The van der Waals surface area contributed by atoms with Crippen LogP contribution in [0.25, 0.3) is 5.52 Å². The van der Waals surface area contributed by atoms with Crippen LogP contribution in [0.15, 0.2) is 23.4 Å². The van der Waals surface area contributed by atoms with Crippen molar-refractivity contribution in [2.24, 2.45) is 0 Å². The van der Waals surface area contributed by atoms with E-state index in [2.05, 4.69) is 15.0 Å². The van der Waals surface area contributed by atoms with Crippen LogP contribution in [0.5, 0.6) is 0 Å². The third-order valence-corrected chi connectivity index (χ3v) is 8.72. The molecule has 0 bridgehead atoms. The molecule has 11 nitrogen and oxygen atoms in total. The number of rotatable bonds is 10. The number of fused-ring (bicyclic) bond motifs is 1. The van der Waals surface area contributed by atoms with E-state index in [-0.39, 0.29) is 39.6 Å². The maximum absolute atomic E-state index is 13.4. The molecule has 1 saturated carbocycles. The fourth-order valence-electron chi connectivity index (χ4n) is 4.34. The Morgan fingerprint density at radius 3 is 2.43 bits per heavy atom. The smallest absolute Gasteiger partial charge is 0.285 e. The molecule has 204 valence electrons. The van der Waals surface area contributed by atoms with Gasteiger partial charge in [0, 0.05) is 51.1 Å². The molecule has 3 heterocycles. The summed E-state index contributed by atoms with van der Waals surface area (Å²) in [7, 11) is -0.738. The van der Waals surface area contributed by atoms with Gasteiger partial charge in [0.15, 0.2) is 5.82 Å². The van der Waals surface area contributed by atoms with Gasteiger partial charge in [-0.25, -0.2) is 26.9 Å². The summed E-state index contributed by atoms with van der Waals surface area (Å²) in [5, 5.41) is 17.8. The normalized spacial score (nSPS) is 21.5. The number of alkyl halides is 2. The van der Waals surface area contributed by atoms with Gasteiger partial charge in [-0.15, -0.1) is 0 Å². The van der Waals surface area contributed by atoms with Gasteiger partial charge in [-0.2, -0.15) is 0 Å². The van der Waals surface area contributed by atoms with Crippen molar-refractivity contribution in [3.63, 3.8) is 0 Å². The van der Waals surface area contributed by atoms with Gasteiger partial charge in [0.25, 0.3) is 6.43 Å². The number of sulfonamides is 1. The minimum atomic E-state index is -3.94. The van der Waals surface area contributed by atoms with Crippen molar-refractivity contribution in [2.45, 2.75) is 48.7 Å². The lowest BCUT2D eigenvalue weighted by atomic mass is 10.1. The summed E-state index contributed by atoms with van der Waals surface area (Å²) in [6, 6.07) is 1.45. The highest BCUT2D eigenvalue weighted by Crippen LogP contribution is 2.37. The number of halogens is 2. The van der Waals surface area contributed by atoms with Gasteiger partial charge < -0.3 is 19.7 Å². The molecular formula is C22H31F2N7O4S2. The highest BCUT2D eigenvalue weighted by Gasteiger charge is 2.41. The number of piperazine rings is 1. The number of aromatic nitrogens is 2. The zero-order valence-corrected chi connectivity index (χ0v) is 22.4. The number of nitrogens with one attached hydrogen (secondary N) is 4. The number of nitrogens with zero attached hydrogens (tertiary/aromatic N) is 3. The lowest BCUT2D eigenvalue weighted by molar-refractivity contribution is 0.121. The summed E-state index contributed by atoms with van der Waals surface area (Å²) in [5.41, 5.74) is 0.561. The Morgan fingerprint density at radius 1 is 1.27 bits per heavy atom. The van der Waals surface area contributed by atoms with Crippen LogP contribution in [0.3, 0.4) is 0 Å². The van der Waals surface area contributed by atoms with Crippen LogP contribution in [0.1, 0.15) is 25.6 Å². The maximum Gasteiger partial charge on any atom is 0.285 e. The molecule has 4 N–H and O–H groups in total. The minimum Gasteiger partial charge on any atom is -0.383 e. The molecule has 2 aliphatic rings. The number of anilines is 1. The third-order valence-electron chi connectivity index (χ3n) is 6.33. The molecule has 2 aromatic heterocycles. The predicted molar refractivity (Wildman–Crippen MR) is 138 cm³/mol. The largest absolute Gasteiger partial charge is 0.383 e. The summed E-state index contributed by atoms with van der Waals surface area (Å²) in [4.78, 5) is 6.23. The Bertz CT molecular complexity index is 1270. The van der Waals surface area contributed by atoms with E-state index in [1.165, 1.54) is 16.8 Å². The van der Waals surface area contributed by atoms with Crippen molar-refractivity contribution in [1.29, 1.82) is 10.8 Å². The lowest BCUT2D eigenvalue weighted by Crippen LogP contribution is -2.59. The number of pyridine rings is 1. The standard InChI is InChI=1S/C22H31F2N7O4S2/c1-22(4-5-22)29-37(32,33)15-6-16(30-8-13(11-34-2)28-14(9-30)12-35-3)17-7-27-21(31(17)10-15)20(26)36-19(25)18(23)24/h6-7,10,13-14,18,25-26,28-29H,4-5,8-9,11-12H2,1-3H3/t13-,14-/m1/s1. The van der Waals surface area contributed by atoms with Crippen molar-refractivity contribution in [2.75, 3.05) is 45.4 Å². The highest BCUT2D eigenvalue weighted by molar-refractivity contribution is 8.26. The fraction of sp³-hybridized carbons (Fsp3) is 0.591. The van der Waals surface area contributed by atoms with E-state index < -0.39 is 27.0 Å². The Morgan fingerprint density at radius 2 is 1.89 bits per heavy atom. The maximum atomic E-state index is 13.4. The molecule has 1 aliphatic heterocycles. The molecule has 2 fully saturated rings. The lowest BCUT2D eigenvalue weighted by Gasteiger charge is -2.40. The number of imidazole rings is 1. The topological polar surface area (TPSA) is 145 Å². The van der Waals surface area contributed by atoms with Gasteiger partial charge in [0.2, 0.25) is 10.0 Å². The molecule has 1 aliphatic carbocycles. The first-order valence-electron chi connectivity index (χ1n) is 11.6. The molecule has 0 aromatic carbocycles. The van der Waals surface area contributed by atoms with E-state index in [1.54, 1.807) is 20.3 Å². The van der Waals surface area contributed by atoms with Crippen molar-refractivity contribution >= 4 is 43.1 Å². The molecule has 0 spiro atoms. The predicted octanol–water partition coefficient (Wildman–Crippen LogP) is 1.91. The van der Waals surface area contributed by atoms with Gasteiger partial charge >= 0.3 is 0 Å². The first kappa shape index (κ1) is 27.9. The van der Waals surface area contributed by atoms with E-state index >= 15 is 0 Å². The van der Waals surface area contributed by atoms with Crippen LogP contribution in [0.2, 0.25) is 0 Å². The van der Waals surface area contributed by atoms with Gasteiger partial charge in [-0.3, -0.25) is 15.2 Å². The molecule has 2 aromatic rings. The van der Waals surface area contributed by atoms with Crippen LogP contribution < -0.4 is 14.9 Å². The molecule has 4 rings (SSSR count). The summed E-state index contributed by atoms with van der Waals surface area (Å²) in [6.45, 7) is 3.68. The number of hydrogen-bond acceptors (Lipinski definition) is 10. The average Bonchev–Trinajstić information content (AvgIpc) is 3.37. The monoisotopic (exact) mass is 559 g/mol. The number of hydrogen-bond donors (Lipinski definition) is 4. The van der Waals surface area contributed by atoms with Crippen molar-refractivity contribution in [3.8, 4) is 0 Å². The second-order valence-electron chi connectivity index (χ2n) is 9.54. The zero-order valence-electron chi connectivity index (χ0n) is 20.8. The van der Waals surface area contributed by atoms with Crippen LogP contribution in [-0.2, 0) is 19.5 Å². The summed E-state index contributed by atoms with van der Waals surface area (Å²) in [5.74, 6) is -0.0293. The summed E-state index contributed by atoms with van der Waals surface area (Å²) >= 11 is 0.281. The second kappa shape index (κ2) is 10.9. The van der Waals surface area contributed by atoms with Crippen molar-refractivity contribution in [1.82, 2.24) is 19.4 Å². The number of ether oxygens (including phenoxy) is 2. The summed E-state index contributed by atoms with van der Waals surface area (Å²) in [6.07, 6.45) is 1.25. The third kappa shape index (κ3) is 6.29. The quantitative estimate of drug-likeness (QED) is 0.255. The average molecular weight is 560 g/mol. The van der Waals surface area contributed by atoms with Gasteiger partial charge in [-0.1, -0.05) is 0 Å². The SMILES string of the molecule is COC[C@H]1CN(c2cc(S(=O)(=O)NC3(C)CC3)cn3c(C(=N)SC(=N)C(F)F)ncc23)C[C@H](COC)N1. The molecule has 0 radical (unpaired) electrons. The van der Waals surface area contributed by atoms with Crippen molar-refractivity contribution < 1.29 is 26.7 Å². The molecule has 0 unspecified atom stereocenters. The van der Waals surface area contributed by atoms with Crippen molar-refractivity contribution in [3.05, 3.63) is 24.3 Å². The first-order valence-corrected chi connectivity index (χ1v) is 13.9. The van der Waals surface area contributed by atoms with Crippen LogP contribution in [0.4, 0.5) is 14.5 Å². The van der Waals surface area contributed by atoms with Crippen LogP contribution >= 0.6 is 11.8 Å². The molecule has 37 heavy (non-hydrogen) atoms. The molecule has 2 atom stereocenters. The van der Waals surface area contributed by atoms with Crippen LogP contribution in [-0.4, -0.2) is 92.5 Å². The molecule has 1 saturated heterocycles. The Kier molecular flexibility index (Phi) is 8.21. The molecule has 15 heteroatoms. The van der Waals surface area contributed by atoms with E-state index in [4.69, 9.17) is 20.3 Å². The first-order chi connectivity index (χ1) is 17.5. The Hall–Kier alpha value is -2.17. The van der Waals surface area contributed by atoms with Gasteiger partial charge in [0.05, 0.1) is 30.6 Å². The number of thioether (sulfide) groups is 1. The molecule has 0 amide bonds. The van der Waals surface area contributed by atoms with Gasteiger partial charge in [0.1, 0.15) is 15.0 Å². The Labute approximate surface area is 218 Å². The number of methoxy groups -OCH3 is 2. The van der Waals surface area contributed by atoms with E-state index in [0.29, 0.717) is 37.5 Å². The van der Waals surface area contributed by atoms with Crippen LogP contribution in [0, 0.1) is 10.8 Å². The van der Waals surface area contributed by atoms with E-state index in [9.17, 15) is 17.2 Å². The van der Waals surface area contributed by atoms with E-state index in [0.717, 1.165) is 12.8 Å². The minimum absolute atomic E-state index is 0.0293. The second-order valence-corrected chi connectivity index (χ2v) is 12.3. The highest BCUT2D eigenvalue weighted by atomic mass is 32.2. The van der Waals surface area contributed by atoms with Gasteiger partial charge in [-0.05, 0) is 37.6 Å². The zero-order chi connectivity index (χ0) is 27.0. The fourth-order valence-corrected chi connectivity index (χ4v) is 6.37. The Balaban J connectivity index is 1.81.